The smallest absolute Gasteiger partial charge is 0.229 e. The first-order valence-electron chi connectivity index (χ1n) is 7.71. The number of ketones is 1. The number of hydrogen-bond acceptors (Lipinski definition) is 2. The first-order chi connectivity index (χ1) is 11.7. The van der Waals surface area contributed by atoms with Gasteiger partial charge in [0.15, 0.2) is 5.78 Å². The molecule has 0 spiro atoms. The van der Waals surface area contributed by atoms with E-state index >= 15 is 0 Å². The van der Waals surface area contributed by atoms with Gasteiger partial charge in [0.2, 0.25) is 5.91 Å². The third-order valence-electron chi connectivity index (χ3n) is 3.96. The van der Waals surface area contributed by atoms with Gasteiger partial charge >= 0.3 is 0 Å². The van der Waals surface area contributed by atoms with E-state index in [9.17, 15) is 9.59 Å². The van der Waals surface area contributed by atoms with Gasteiger partial charge in [-0.15, -0.1) is 0 Å². The fraction of sp³-hybridized carbons (Fsp3) is 0.0476. The van der Waals surface area contributed by atoms with Crippen LogP contribution in [0.1, 0.15) is 33.0 Å². The van der Waals surface area contributed by atoms with Gasteiger partial charge in [-0.25, -0.2) is 0 Å². The second kappa shape index (κ2) is 6.92. The molecule has 3 aromatic rings. The van der Waals surface area contributed by atoms with Crippen molar-refractivity contribution >= 4 is 11.7 Å². The van der Waals surface area contributed by atoms with Crippen molar-refractivity contribution in [3.8, 4) is 0 Å². The van der Waals surface area contributed by atoms with Crippen molar-refractivity contribution in [1.82, 2.24) is 0 Å². The van der Waals surface area contributed by atoms with E-state index in [0.29, 0.717) is 11.1 Å². The average Bonchev–Trinajstić information content (AvgIpc) is 2.63. The largest absolute Gasteiger partial charge is 0.369 e. The van der Waals surface area contributed by atoms with E-state index in [1.165, 1.54) is 0 Å². The molecule has 0 aromatic heterocycles. The Hall–Kier alpha value is -3.20. The van der Waals surface area contributed by atoms with Gasteiger partial charge in [0.05, 0.1) is 5.92 Å². The SMILES string of the molecule is NC(=O)[C@@H](c1ccccc1)c1ccc(C(=O)c2ccccc2)cc1. The van der Waals surface area contributed by atoms with Crippen LogP contribution in [0.15, 0.2) is 84.9 Å². The van der Waals surface area contributed by atoms with Crippen molar-refractivity contribution < 1.29 is 9.59 Å². The molecule has 118 valence electrons. The number of hydrogen-bond donors (Lipinski definition) is 1. The maximum atomic E-state index is 12.4. The summed E-state index contributed by atoms with van der Waals surface area (Å²) >= 11 is 0. The summed E-state index contributed by atoms with van der Waals surface area (Å²) < 4.78 is 0. The molecule has 0 saturated carbocycles. The lowest BCUT2D eigenvalue weighted by Crippen LogP contribution is -2.22. The molecule has 0 unspecified atom stereocenters. The van der Waals surface area contributed by atoms with Gasteiger partial charge in [-0.2, -0.15) is 0 Å². The summed E-state index contributed by atoms with van der Waals surface area (Å²) in [6.07, 6.45) is 0. The van der Waals surface area contributed by atoms with Crippen LogP contribution < -0.4 is 5.73 Å². The van der Waals surface area contributed by atoms with E-state index in [-0.39, 0.29) is 5.78 Å². The number of carbonyl (C=O) groups excluding carboxylic acids is 2. The zero-order valence-electron chi connectivity index (χ0n) is 13.1. The molecule has 3 aromatic carbocycles. The lowest BCUT2D eigenvalue weighted by molar-refractivity contribution is -0.118. The topological polar surface area (TPSA) is 60.2 Å². The van der Waals surface area contributed by atoms with Crippen molar-refractivity contribution in [2.24, 2.45) is 5.73 Å². The van der Waals surface area contributed by atoms with Gasteiger partial charge in [0.25, 0.3) is 0 Å². The second-order valence-corrected chi connectivity index (χ2v) is 5.56. The predicted molar refractivity (Wildman–Crippen MR) is 93.8 cm³/mol. The van der Waals surface area contributed by atoms with Gasteiger partial charge in [0, 0.05) is 11.1 Å². The zero-order valence-corrected chi connectivity index (χ0v) is 13.1. The zero-order chi connectivity index (χ0) is 16.9. The van der Waals surface area contributed by atoms with Crippen molar-refractivity contribution in [1.29, 1.82) is 0 Å². The minimum Gasteiger partial charge on any atom is -0.369 e. The Morgan fingerprint density at radius 2 is 1.08 bits per heavy atom. The molecule has 3 nitrogen and oxygen atoms in total. The third-order valence-corrected chi connectivity index (χ3v) is 3.96. The summed E-state index contributed by atoms with van der Waals surface area (Å²) in [4.78, 5) is 24.3. The molecule has 1 amide bonds. The molecule has 0 bridgehead atoms. The molecule has 3 heteroatoms. The molecule has 0 aliphatic heterocycles. The maximum Gasteiger partial charge on any atom is 0.229 e. The van der Waals surface area contributed by atoms with Crippen LogP contribution in [-0.4, -0.2) is 11.7 Å². The van der Waals surface area contributed by atoms with Gasteiger partial charge in [0.1, 0.15) is 0 Å². The maximum absolute atomic E-state index is 12.4. The lowest BCUT2D eigenvalue weighted by atomic mass is 9.89. The average molecular weight is 315 g/mol. The minimum atomic E-state index is -0.521. The first-order valence-corrected chi connectivity index (χ1v) is 7.71. The molecule has 0 aliphatic rings. The Bertz CT molecular complexity index is 840. The molecule has 24 heavy (non-hydrogen) atoms. The highest BCUT2D eigenvalue weighted by atomic mass is 16.1. The van der Waals surface area contributed by atoms with Crippen LogP contribution in [0.5, 0.6) is 0 Å². The van der Waals surface area contributed by atoms with E-state index in [4.69, 9.17) is 5.73 Å². The summed E-state index contributed by atoms with van der Waals surface area (Å²) in [5, 5.41) is 0. The summed E-state index contributed by atoms with van der Waals surface area (Å²) in [5.74, 6) is -0.979. The van der Waals surface area contributed by atoms with E-state index in [2.05, 4.69) is 0 Å². The first kappa shape index (κ1) is 15.7. The predicted octanol–water partition coefficient (Wildman–Crippen LogP) is 3.53. The second-order valence-electron chi connectivity index (χ2n) is 5.56. The van der Waals surface area contributed by atoms with Crippen molar-refractivity contribution in [2.75, 3.05) is 0 Å². The Balaban J connectivity index is 1.91. The number of carbonyl (C=O) groups is 2. The molecule has 0 fully saturated rings. The van der Waals surface area contributed by atoms with E-state index < -0.39 is 11.8 Å². The highest BCUT2D eigenvalue weighted by molar-refractivity contribution is 6.09. The Morgan fingerprint density at radius 3 is 1.62 bits per heavy atom. The number of benzene rings is 3. The Morgan fingerprint density at radius 1 is 0.625 bits per heavy atom. The molecule has 0 heterocycles. The van der Waals surface area contributed by atoms with Gasteiger partial charge in [-0.1, -0.05) is 84.9 Å². The van der Waals surface area contributed by atoms with Crippen LogP contribution in [0.3, 0.4) is 0 Å². The third kappa shape index (κ3) is 3.25. The molecule has 1 atom stereocenters. The van der Waals surface area contributed by atoms with Crippen LogP contribution in [0.2, 0.25) is 0 Å². The standard InChI is InChI=1S/C21H17NO2/c22-21(24)19(15-7-3-1-4-8-15)16-11-13-18(14-12-16)20(23)17-9-5-2-6-10-17/h1-14,19H,(H2,22,24)/t19-/m0/s1. The molecule has 3 rings (SSSR count). The van der Waals surface area contributed by atoms with Crippen LogP contribution in [0.4, 0.5) is 0 Å². The van der Waals surface area contributed by atoms with Crippen LogP contribution in [0, 0.1) is 0 Å². The minimum absolute atomic E-state index is 0.0440. The lowest BCUT2D eigenvalue weighted by Gasteiger charge is -2.14. The highest BCUT2D eigenvalue weighted by Crippen LogP contribution is 2.25. The van der Waals surface area contributed by atoms with Crippen LogP contribution >= 0.6 is 0 Å². The van der Waals surface area contributed by atoms with Gasteiger partial charge < -0.3 is 5.73 Å². The van der Waals surface area contributed by atoms with E-state index in [0.717, 1.165) is 11.1 Å². The Labute approximate surface area is 140 Å². The molecular weight excluding hydrogens is 298 g/mol. The number of nitrogens with two attached hydrogens (primary N) is 1. The normalized spacial score (nSPS) is 11.7. The molecule has 0 aliphatic carbocycles. The van der Waals surface area contributed by atoms with Crippen LogP contribution in [-0.2, 0) is 4.79 Å². The van der Waals surface area contributed by atoms with Gasteiger partial charge in [-0.3, -0.25) is 9.59 Å². The molecule has 0 saturated heterocycles. The summed E-state index contributed by atoms with van der Waals surface area (Å²) in [5.41, 5.74) is 8.42. The molecule has 0 radical (unpaired) electrons. The van der Waals surface area contributed by atoms with Crippen molar-refractivity contribution in [3.05, 3.63) is 107 Å². The highest BCUT2D eigenvalue weighted by Gasteiger charge is 2.20. The number of rotatable bonds is 5. The monoisotopic (exact) mass is 315 g/mol. The fourth-order valence-corrected chi connectivity index (χ4v) is 2.75. The number of primary amides is 1. The quantitative estimate of drug-likeness (QED) is 0.732. The summed E-state index contributed by atoms with van der Waals surface area (Å²) in [6.45, 7) is 0. The fourth-order valence-electron chi connectivity index (χ4n) is 2.75. The van der Waals surface area contributed by atoms with Crippen LogP contribution in [0.25, 0.3) is 0 Å². The van der Waals surface area contributed by atoms with Crippen molar-refractivity contribution in [2.45, 2.75) is 5.92 Å². The summed E-state index contributed by atoms with van der Waals surface area (Å²) in [6, 6.07) is 25.6. The Kier molecular flexibility index (Phi) is 4.52. The molecular formula is C21H17NO2. The summed E-state index contributed by atoms with van der Waals surface area (Å²) in [7, 11) is 0. The van der Waals surface area contributed by atoms with Crippen molar-refractivity contribution in [3.63, 3.8) is 0 Å². The van der Waals surface area contributed by atoms with Gasteiger partial charge in [-0.05, 0) is 11.1 Å². The number of amides is 1. The molecule has 2 N–H and O–H groups in total. The van der Waals surface area contributed by atoms with E-state index in [1.807, 2.05) is 48.5 Å². The van der Waals surface area contributed by atoms with E-state index in [1.54, 1.807) is 36.4 Å².